The van der Waals surface area contributed by atoms with Gasteiger partial charge in [-0.2, -0.15) is 0 Å². The summed E-state index contributed by atoms with van der Waals surface area (Å²) in [4.78, 5) is 37.2. The molecule has 1 heterocycles. The van der Waals surface area contributed by atoms with Crippen LogP contribution < -0.4 is 0 Å². The topological polar surface area (TPSA) is 69.7 Å². The minimum atomic E-state index is -0.517. The number of allylic oxidation sites excluding steroid dienone is 3. The molecule has 1 aliphatic carbocycles. The van der Waals surface area contributed by atoms with Gasteiger partial charge in [-0.1, -0.05) is 48.5 Å². The number of ether oxygens (including phenoxy) is 2. The first-order valence-corrected chi connectivity index (χ1v) is 10.6. The van der Waals surface area contributed by atoms with Gasteiger partial charge in [0.15, 0.2) is 0 Å². The zero-order chi connectivity index (χ0) is 22.8. The van der Waals surface area contributed by atoms with Crippen LogP contribution in [0.5, 0.6) is 0 Å². The Bertz CT molecular complexity index is 1210. The molecule has 4 rings (SSSR count). The highest BCUT2D eigenvalue weighted by Crippen LogP contribution is 2.42. The lowest BCUT2D eigenvalue weighted by Gasteiger charge is -2.27. The SMILES string of the molecule is CC1=C2OC=C(CC/C=C(\C)C(=O)OCc3ccccc3)c3ccc(C)c(c32)C(=O)C1=O. The fraction of sp³-hybridized carbons (Fsp3) is 0.222. The molecule has 2 aromatic carbocycles. The van der Waals surface area contributed by atoms with Crippen LogP contribution in [0.25, 0.3) is 11.3 Å². The molecule has 2 aliphatic rings. The molecule has 0 spiro atoms. The Morgan fingerprint density at radius 3 is 2.50 bits per heavy atom. The van der Waals surface area contributed by atoms with Crippen molar-refractivity contribution in [2.24, 2.45) is 0 Å². The van der Waals surface area contributed by atoms with Gasteiger partial charge in [-0.25, -0.2) is 4.79 Å². The number of aryl methyl sites for hydroxylation is 1. The van der Waals surface area contributed by atoms with Gasteiger partial charge in [0.2, 0.25) is 11.6 Å². The van der Waals surface area contributed by atoms with Gasteiger partial charge in [0.05, 0.1) is 6.26 Å². The summed E-state index contributed by atoms with van der Waals surface area (Å²) in [5, 5.41) is 0. The van der Waals surface area contributed by atoms with E-state index < -0.39 is 11.6 Å². The molecule has 0 unspecified atom stereocenters. The van der Waals surface area contributed by atoms with E-state index in [0.29, 0.717) is 40.9 Å². The van der Waals surface area contributed by atoms with Crippen LogP contribution in [0.2, 0.25) is 0 Å². The molecule has 5 heteroatoms. The molecule has 0 amide bonds. The van der Waals surface area contributed by atoms with Crippen molar-refractivity contribution in [1.82, 2.24) is 0 Å². The number of Topliss-reactive ketones (excluding diaryl/α,β-unsaturated/α-hetero) is 2. The largest absolute Gasteiger partial charge is 0.464 e. The zero-order valence-electron chi connectivity index (χ0n) is 18.4. The maximum Gasteiger partial charge on any atom is 0.333 e. The van der Waals surface area contributed by atoms with Gasteiger partial charge in [0.1, 0.15) is 12.4 Å². The van der Waals surface area contributed by atoms with Crippen LogP contribution in [0.3, 0.4) is 0 Å². The summed E-state index contributed by atoms with van der Waals surface area (Å²) in [6.07, 6.45) is 4.71. The summed E-state index contributed by atoms with van der Waals surface area (Å²) in [7, 11) is 0. The highest BCUT2D eigenvalue weighted by molar-refractivity contribution is 6.52. The summed E-state index contributed by atoms with van der Waals surface area (Å²) in [6, 6.07) is 13.4. The number of benzene rings is 2. The first kappa shape index (κ1) is 21.5. The van der Waals surface area contributed by atoms with Crippen LogP contribution in [-0.4, -0.2) is 17.5 Å². The van der Waals surface area contributed by atoms with Gasteiger partial charge < -0.3 is 9.47 Å². The highest BCUT2D eigenvalue weighted by atomic mass is 16.5. The number of ketones is 2. The summed E-state index contributed by atoms with van der Waals surface area (Å²) >= 11 is 0. The number of hydrogen-bond donors (Lipinski definition) is 0. The predicted octanol–water partition coefficient (Wildman–Crippen LogP) is 5.33. The Morgan fingerprint density at radius 2 is 1.75 bits per heavy atom. The molecular weight excluding hydrogens is 404 g/mol. The van der Waals surface area contributed by atoms with Crippen LogP contribution in [-0.2, 0) is 25.7 Å². The van der Waals surface area contributed by atoms with E-state index >= 15 is 0 Å². The van der Waals surface area contributed by atoms with E-state index in [2.05, 4.69) is 0 Å². The fourth-order valence-corrected chi connectivity index (χ4v) is 3.98. The summed E-state index contributed by atoms with van der Waals surface area (Å²) in [5.74, 6) is -0.886. The van der Waals surface area contributed by atoms with Gasteiger partial charge in [0, 0.05) is 22.3 Å². The van der Waals surface area contributed by atoms with E-state index in [0.717, 1.165) is 22.3 Å². The van der Waals surface area contributed by atoms with Crippen LogP contribution in [0.1, 0.15) is 59.3 Å². The van der Waals surface area contributed by atoms with Crippen molar-refractivity contribution in [1.29, 1.82) is 0 Å². The molecule has 1 aliphatic heterocycles. The third-order valence-corrected chi connectivity index (χ3v) is 5.82. The molecule has 5 nitrogen and oxygen atoms in total. The molecule has 0 saturated heterocycles. The van der Waals surface area contributed by atoms with Gasteiger partial charge in [-0.15, -0.1) is 0 Å². The quantitative estimate of drug-likeness (QED) is 0.353. The lowest BCUT2D eigenvalue weighted by atomic mass is 9.80. The molecule has 0 bridgehead atoms. The highest BCUT2D eigenvalue weighted by Gasteiger charge is 2.36. The minimum Gasteiger partial charge on any atom is -0.464 e. The van der Waals surface area contributed by atoms with Crippen LogP contribution in [0.4, 0.5) is 0 Å². The van der Waals surface area contributed by atoms with Crippen molar-refractivity contribution in [2.45, 2.75) is 40.2 Å². The molecule has 32 heavy (non-hydrogen) atoms. The van der Waals surface area contributed by atoms with Crippen molar-refractivity contribution in [2.75, 3.05) is 0 Å². The normalized spacial score (nSPS) is 15.2. The average molecular weight is 428 g/mol. The van der Waals surface area contributed by atoms with Gasteiger partial charge in [-0.05, 0) is 55.9 Å². The number of carbonyl (C=O) groups is 3. The Kier molecular flexibility index (Phi) is 5.91. The fourth-order valence-electron chi connectivity index (χ4n) is 3.98. The summed E-state index contributed by atoms with van der Waals surface area (Å²) in [5.41, 5.74) is 5.51. The molecule has 2 aromatic rings. The van der Waals surface area contributed by atoms with Crippen LogP contribution >= 0.6 is 0 Å². The van der Waals surface area contributed by atoms with E-state index in [4.69, 9.17) is 9.47 Å². The first-order chi connectivity index (χ1) is 15.4. The number of rotatable bonds is 6. The number of hydrogen-bond acceptors (Lipinski definition) is 5. The van der Waals surface area contributed by atoms with Gasteiger partial charge in [-0.3, -0.25) is 9.59 Å². The maximum absolute atomic E-state index is 12.6. The molecule has 0 N–H and O–H groups in total. The third-order valence-electron chi connectivity index (χ3n) is 5.82. The molecule has 162 valence electrons. The van der Waals surface area contributed by atoms with Crippen molar-refractivity contribution in [3.8, 4) is 0 Å². The lowest BCUT2D eigenvalue weighted by Crippen LogP contribution is -2.26. The predicted molar refractivity (Wildman–Crippen MR) is 121 cm³/mol. The van der Waals surface area contributed by atoms with E-state index in [1.54, 1.807) is 20.1 Å². The minimum absolute atomic E-state index is 0.237. The van der Waals surface area contributed by atoms with Crippen molar-refractivity contribution in [3.05, 3.63) is 93.8 Å². The second-order valence-corrected chi connectivity index (χ2v) is 8.04. The summed E-state index contributed by atoms with van der Waals surface area (Å²) in [6.45, 7) is 5.42. The van der Waals surface area contributed by atoms with Gasteiger partial charge in [0.25, 0.3) is 0 Å². The standard InChI is InChI=1S/C27H24O5/c1-16-12-13-21-20(15-31-26-18(3)24(28)25(29)22(16)23(21)26)11-7-8-17(2)27(30)32-14-19-9-5-4-6-10-19/h4-6,8-10,12-13,15H,7,11,14H2,1-3H3/b17-8+. The lowest BCUT2D eigenvalue weighted by molar-refractivity contribution is -0.140. The van der Waals surface area contributed by atoms with E-state index in [-0.39, 0.29) is 12.6 Å². The number of esters is 1. The smallest absolute Gasteiger partial charge is 0.333 e. The average Bonchev–Trinajstić information content (AvgIpc) is 2.80. The molecule has 0 atom stereocenters. The maximum atomic E-state index is 12.6. The Balaban J connectivity index is 1.48. The Hall–Kier alpha value is -3.73. The molecule has 0 fully saturated rings. The molecule has 0 aromatic heterocycles. The van der Waals surface area contributed by atoms with E-state index in [9.17, 15) is 14.4 Å². The van der Waals surface area contributed by atoms with Crippen LogP contribution in [0, 0.1) is 6.92 Å². The Labute approximate surface area is 187 Å². The molecular formula is C27H24O5. The third kappa shape index (κ3) is 3.94. The van der Waals surface area contributed by atoms with Gasteiger partial charge >= 0.3 is 5.97 Å². The molecule has 0 saturated carbocycles. The first-order valence-electron chi connectivity index (χ1n) is 10.6. The Morgan fingerprint density at radius 1 is 1.00 bits per heavy atom. The van der Waals surface area contributed by atoms with Crippen molar-refractivity contribution < 1.29 is 23.9 Å². The van der Waals surface area contributed by atoms with Crippen LogP contribution in [0.15, 0.2) is 65.9 Å². The molecule has 0 radical (unpaired) electrons. The summed E-state index contributed by atoms with van der Waals surface area (Å²) < 4.78 is 11.2. The zero-order valence-corrected chi connectivity index (χ0v) is 18.4. The monoisotopic (exact) mass is 428 g/mol. The second kappa shape index (κ2) is 8.79. The van der Waals surface area contributed by atoms with E-state index in [1.807, 2.05) is 55.5 Å². The van der Waals surface area contributed by atoms with Crippen molar-refractivity contribution >= 4 is 28.9 Å². The second-order valence-electron chi connectivity index (χ2n) is 8.04. The van der Waals surface area contributed by atoms with Crippen molar-refractivity contribution in [3.63, 3.8) is 0 Å². The number of carbonyl (C=O) groups excluding carboxylic acids is 3. The van der Waals surface area contributed by atoms with E-state index in [1.165, 1.54) is 0 Å².